The SMILES string of the molecule is CC(=O)N1c2ccccc2C2Cc3cc(F)ccc3N21. The van der Waals surface area contributed by atoms with Crippen LogP contribution in [0.15, 0.2) is 42.5 Å². The van der Waals surface area contributed by atoms with Crippen LogP contribution in [0.4, 0.5) is 15.8 Å². The van der Waals surface area contributed by atoms with E-state index in [2.05, 4.69) is 0 Å². The molecule has 20 heavy (non-hydrogen) atoms. The van der Waals surface area contributed by atoms with E-state index in [1.165, 1.54) is 6.07 Å². The predicted molar refractivity (Wildman–Crippen MR) is 74.9 cm³/mol. The normalized spacial score (nSPS) is 18.8. The molecule has 0 N–H and O–H groups in total. The van der Waals surface area contributed by atoms with Crippen LogP contribution in [0.5, 0.6) is 0 Å². The van der Waals surface area contributed by atoms with E-state index in [0.717, 1.165) is 28.9 Å². The molecule has 0 saturated heterocycles. The molecule has 0 spiro atoms. The van der Waals surface area contributed by atoms with E-state index in [0.29, 0.717) is 0 Å². The Labute approximate surface area is 116 Å². The molecule has 3 nitrogen and oxygen atoms in total. The van der Waals surface area contributed by atoms with Crippen molar-refractivity contribution in [3.8, 4) is 0 Å². The minimum Gasteiger partial charge on any atom is -0.273 e. The molecule has 2 aliphatic rings. The summed E-state index contributed by atoms with van der Waals surface area (Å²) >= 11 is 0. The number of benzene rings is 2. The van der Waals surface area contributed by atoms with Crippen LogP contribution in [-0.2, 0) is 11.2 Å². The largest absolute Gasteiger partial charge is 0.273 e. The van der Waals surface area contributed by atoms with Crippen molar-refractivity contribution in [1.82, 2.24) is 0 Å². The number of halogens is 1. The lowest BCUT2D eigenvalue weighted by atomic mass is 10.0. The van der Waals surface area contributed by atoms with Crippen LogP contribution in [-0.4, -0.2) is 5.91 Å². The number of amides is 1. The van der Waals surface area contributed by atoms with Crippen molar-refractivity contribution in [2.45, 2.75) is 19.4 Å². The summed E-state index contributed by atoms with van der Waals surface area (Å²) in [7, 11) is 0. The zero-order valence-electron chi connectivity index (χ0n) is 11.0. The van der Waals surface area contributed by atoms with Crippen molar-refractivity contribution in [2.24, 2.45) is 0 Å². The molecule has 4 heteroatoms. The van der Waals surface area contributed by atoms with Crippen molar-refractivity contribution in [3.05, 3.63) is 59.4 Å². The van der Waals surface area contributed by atoms with Gasteiger partial charge in [-0.15, -0.1) is 0 Å². The molecule has 1 unspecified atom stereocenters. The Morgan fingerprint density at radius 2 is 2.00 bits per heavy atom. The summed E-state index contributed by atoms with van der Waals surface area (Å²) in [5, 5.41) is 3.69. The number of carbonyl (C=O) groups excluding carboxylic acids is 1. The van der Waals surface area contributed by atoms with Gasteiger partial charge in [0.05, 0.1) is 17.4 Å². The Morgan fingerprint density at radius 1 is 1.20 bits per heavy atom. The first-order valence-electron chi connectivity index (χ1n) is 6.64. The summed E-state index contributed by atoms with van der Waals surface area (Å²) < 4.78 is 13.4. The molecule has 2 heterocycles. The Kier molecular flexibility index (Phi) is 2.19. The molecular formula is C16H13FN2O. The number of hydrazine groups is 1. The van der Waals surface area contributed by atoms with E-state index in [1.807, 2.05) is 29.3 Å². The standard InChI is InChI=1S/C16H13FN2O/c1-10(20)18-15-5-3-2-4-13(15)16-9-11-8-12(17)6-7-14(11)19(16)18/h2-8,16H,9H2,1H3. The molecule has 100 valence electrons. The van der Waals surface area contributed by atoms with Gasteiger partial charge in [-0.2, -0.15) is 0 Å². The maximum atomic E-state index is 13.4. The molecular weight excluding hydrogens is 255 g/mol. The molecule has 1 atom stereocenters. The molecule has 0 aromatic heterocycles. The highest BCUT2D eigenvalue weighted by Gasteiger charge is 2.43. The number of hydrogen-bond donors (Lipinski definition) is 0. The first-order valence-corrected chi connectivity index (χ1v) is 6.64. The fraction of sp³-hybridized carbons (Fsp3) is 0.188. The third kappa shape index (κ3) is 1.36. The lowest BCUT2D eigenvalue weighted by Crippen LogP contribution is -2.41. The monoisotopic (exact) mass is 268 g/mol. The summed E-state index contributed by atoms with van der Waals surface area (Å²) in [6, 6.07) is 12.8. The molecule has 0 bridgehead atoms. The zero-order valence-corrected chi connectivity index (χ0v) is 11.0. The summed E-state index contributed by atoms with van der Waals surface area (Å²) in [6.07, 6.45) is 0.730. The van der Waals surface area contributed by atoms with Crippen molar-refractivity contribution in [3.63, 3.8) is 0 Å². The van der Waals surface area contributed by atoms with Gasteiger partial charge in [0.25, 0.3) is 0 Å². The average molecular weight is 268 g/mol. The molecule has 2 aromatic carbocycles. The predicted octanol–water partition coefficient (Wildman–Crippen LogP) is 3.21. The Balaban J connectivity index is 1.92. The zero-order chi connectivity index (χ0) is 13.9. The third-order valence-corrected chi connectivity index (χ3v) is 4.03. The molecule has 2 aliphatic heterocycles. The highest BCUT2D eigenvalue weighted by molar-refractivity contribution is 5.98. The van der Waals surface area contributed by atoms with E-state index < -0.39 is 0 Å². The van der Waals surface area contributed by atoms with Crippen LogP contribution < -0.4 is 10.0 Å². The first-order chi connectivity index (χ1) is 9.66. The minimum atomic E-state index is -0.229. The van der Waals surface area contributed by atoms with Crippen LogP contribution in [0.1, 0.15) is 24.1 Å². The molecule has 0 saturated carbocycles. The van der Waals surface area contributed by atoms with Gasteiger partial charge in [-0.05, 0) is 29.8 Å². The van der Waals surface area contributed by atoms with Crippen LogP contribution in [0.2, 0.25) is 0 Å². The highest BCUT2D eigenvalue weighted by Crippen LogP contribution is 2.50. The molecule has 1 amide bonds. The average Bonchev–Trinajstić information content (AvgIpc) is 2.92. The van der Waals surface area contributed by atoms with Crippen molar-refractivity contribution in [1.29, 1.82) is 0 Å². The van der Waals surface area contributed by atoms with Gasteiger partial charge in [0.2, 0.25) is 5.91 Å². The van der Waals surface area contributed by atoms with Gasteiger partial charge in [-0.1, -0.05) is 18.2 Å². The van der Waals surface area contributed by atoms with Gasteiger partial charge in [-0.25, -0.2) is 9.40 Å². The third-order valence-electron chi connectivity index (χ3n) is 4.03. The van der Waals surface area contributed by atoms with Gasteiger partial charge >= 0.3 is 0 Å². The minimum absolute atomic E-state index is 0.0304. The highest BCUT2D eigenvalue weighted by atomic mass is 19.1. The molecule has 0 radical (unpaired) electrons. The number of anilines is 2. The summed E-state index contributed by atoms with van der Waals surface area (Å²) in [5.41, 5.74) is 3.93. The maximum absolute atomic E-state index is 13.4. The maximum Gasteiger partial charge on any atom is 0.242 e. The number of para-hydroxylation sites is 1. The summed E-state index contributed by atoms with van der Waals surface area (Å²) in [6.45, 7) is 1.56. The van der Waals surface area contributed by atoms with Crippen LogP contribution >= 0.6 is 0 Å². The van der Waals surface area contributed by atoms with Crippen LogP contribution in [0.3, 0.4) is 0 Å². The van der Waals surface area contributed by atoms with E-state index >= 15 is 0 Å². The van der Waals surface area contributed by atoms with Crippen LogP contribution in [0, 0.1) is 5.82 Å². The van der Waals surface area contributed by atoms with Gasteiger partial charge in [-0.3, -0.25) is 9.80 Å². The fourth-order valence-corrected chi connectivity index (χ4v) is 3.29. The van der Waals surface area contributed by atoms with Crippen LogP contribution in [0.25, 0.3) is 0 Å². The smallest absolute Gasteiger partial charge is 0.242 e. The number of carbonyl (C=O) groups is 1. The second-order valence-electron chi connectivity index (χ2n) is 5.23. The molecule has 4 rings (SSSR count). The van der Waals surface area contributed by atoms with Gasteiger partial charge in [0.1, 0.15) is 5.82 Å². The van der Waals surface area contributed by atoms with Crippen molar-refractivity contribution >= 4 is 17.3 Å². The van der Waals surface area contributed by atoms with Crippen molar-refractivity contribution < 1.29 is 9.18 Å². The lowest BCUT2D eigenvalue weighted by molar-refractivity contribution is -0.116. The summed E-state index contributed by atoms with van der Waals surface area (Å²) in [5.74, 6) is -0.260. The Hall–Kier alpha value is -2.36. The topological polar surface area (TPSA) is 23.6 Å². The number of fused-ring (bicyclic) bond motifs is 5. The van der Waals surface area contributed by atoms with Gasteiger partial charge in [0, 0.05) is 18.9 Å². The fourth-order valence-electron chi connectivity index (χ4n) is 3.29. The molecule has 2 aromatic rings. The second-order valence-corrected chi connectivity index (χ2v) is 5.23. The Bertz CT molecular complexity index is 728. The number of hydrogen-bond acceptors (Lipinski definition) is 2. The van der Waals surface area contributed by atoms with E-state index in [1.54, 1.807) is 24.1 Å². The Morgan fingerprint density at radius 3 is 2.80 bits per heavy atom. The number of rotatable bonds is 0. The van der Waals surface area contributed by atoms with Crippen molar-refractivity contribution in [2.75, 3.05) is 10.0 Å². The summed E-state index contributed by atoms with van der Waals surface area (Å²) in [4.78, 5) is 12.0. The quantitative estimate of drug-likeness (QED) is 0.732. The van der Waals surface area contributed by atoms with E-state index in [9.17, 15) is 9.18 Å². The number of nitrogens with zero attached hydrogens (tertiary/aromatic N) is 2. The van der Waals surface area contributed by atoms with E-state index in [4.69, 9.17) is 0 Å². The van der Waals surface area contributed by atoms with E-state index in [-0.39, 0.29) is 17.8 Å². The first kappa shape index (κ1) is 11.5. The van der Waals surface area contributed by atoms with Gasteiger partial charge < -0.3 is 0 Å². The second kappa shape index (κ2) is 3.82. The molecule has 0 aliphatic carbocycles. The molecule has 0 fully saturated rings. The lowest BCUT2D eigenvalue weighted by Gasteiger charge is -2.29. The van der Waals surface area contributed by atoms with Gasteiger partial charge in [0.15, 0.2) is 0 Å².